The van der Waals surface area contributed by atoms with Crippen molar-refractivity contribution in [2.75, 3.05) is 4.90 Å². The number of aryl methyl sites for hydroxylation is 2. The van der Waals surface area contributed by atoms with Gasteiger partial charge in [0.2, 0.25) is 5.91 Å². The number of hydrogen-bond donors (Lipinski definition) is 0. The van der Waals surface area contributed by atoms with Crippen LogP contribution >= 0.6 is 0 Å². The van der Waals surface area contributed by atoms with Crippen LogP contribution in [-0.4, -0.2) is 25.4 Å². The van der Waals surface area contributed by atoms with Crippen LogP contribution in [-0.2, 0) is 10.2 Å². The lowest BCUT2D eigenvalue weighted by atomic mass is 9.86. The minimum Gasteiger partial charge on any atom is -0.306 e. The summed E-state index contributed by atoms with van der Waals surface area (Å²) in [7, 11) is 0. The summed E-state index contributed by atoms with van der Waals surface area (Å²) in [5.74, 6) is 0.0584. The molecule has 0 aliphatic carbocycles. The Bertz CT molecular complexity index is 1320. The van der Waals surface area contributed by atoms with Crippen LogP contribution in [0.25, 0.3) is 16.9 Å². The van der Waals surface area contributed by atoms with Gasteiger partial charge >= 0.3 is 0 Å². The van der Waals surface area contributed by atoms with E-state index >= 15 is 0 Å². The Balaban J connectivity index is 1.60. The molecule has 0 saturated carbocycles. The molecule has 1 aliphatic heterocycles. The number of anilines is 2. The van der Waals surface area contributed by atoms with E-state index in [0.717, 1.165) is 45.3 Å². The summed E-state index contributed by atoms with van der Waals surface area (Å²) in [6.07, 6.45) is 7.34. The second kappa shape index (κ2) is 6.87. The first-order valence-electron chi connectivity index (χ1n) is 10.2. The number of fused-ring (bicyclic) bond motifs is 1. The molecule has 0 N–H and O–H groups in total. The van der Waals surface area contributed by atoms with E-state index in [2.05, 4.69) is 21.0 Å². The van der Waals surface area contributed by atoms with E-state index in [1.165, 1.54) is 0 Å². The lowest BCUT2D eigenvalue weighted by Gasteiger charge is -2.20. The second-order valence-corrected chi connectivity index (χ2v) is 8.47. The zero-order valence-corrected chi connectivity index (χ0v) is 18.0. The molecule has 1 aromatic carbocycles. The highest BCUT2D eigenvalue weighted by molar-refractivity contribution is 6.12. The molecule has 6 nitrogen and oxygen atoms in total. The summed E-state index contributed by atoms with van der Waals surface area (Å²) >= 11 is 0. The standard InChI is InChI=1S/C25H23N5O/c1-16-11-19(7-9-26-16)29-14-22(28-15-29)18-5-6-21-23(13-18)30(24(31)25(21,3)4)20-8-10-27-17(2)12-20/h5-15H,1-4H3. The molecule has 4 aromatic rings. The van der Waals surface area contributed by atoms with Gasteiger partial charge in [-0.15, -0.1) is 0 Å². The average Bonchev–Trinajstić information content (AvgIpc) is 3.30. The van der Waals surface area contributed by atoms with Gasteiger partial charge in [0, 0.05) is 41.2 Å². The Morgan fingerprint density at radius 3 is 2.23 bits per heavy atom. The van der Waals surface area contributed by atoms with Crippen molar-refractivity contribution in [2.24, 2.45) is 0 Å². The van der Waals surface area contributed by atoms with E-state index in [1.807, 2.05) is 74.9 Å². The van der Waals surface area contributed by atoms with Crippen molar-refractivity contribution < 1.29 is 4.79 Å². The molecule has 0 atom stereocenters. The number of imidazole rings is 1. The predicted octanol–water partition coefficient (Wildman–Crippen LogP) is 4.90. The number of amides is 1. The van der Waals surface area contributed by atoms with E-state index in [4.69, 9.17) is 0 Å². The number of pyridine rings is 2. The second-order valence-electron chi connectivity index (χ2n) is 8.47. The van der Waals surface area contributed by atoms with Gasteiger partial charge in [-0.05, 0) is 63.6 Å². The molecule has 1 aliphatic rings. The van der Waals surface area contributed by atoms with Gasteiger partial charge in [0.05, 0.1) is 28.8 Å². The van der Waals surface area contributed by atoms with Crippen LogP contribution in [0.1, 0.15) is 30.8 Å². The van der Waals surface area contributed by atoms with Crippen LogP contribution in [0, 0.1) is 13.8 Å². The number of carbonyl (C=O) groups excluding carboxylic acids is 1. The highest BCUT2D eigenvalue weighted by atomic mass is 16.2. The summed E-state index contributed by atoms with van der Waals surface area (Å²) in [5, 5.41) is 0. The molecule has 0 fully saturated rings. The summed E-state index contributed by atoms with van der Waals surface area (Å²) in [6.45, 7) is 7.85. The minimum atomic E-state index is -0.598. The number of benzene rings is 1. The van der Waals surface area contributed by atoms with Gasteiger partial charge in [-0.2, -0.15) is 0 Å². The maximum Gasteiger partial charge on any atom is 0.241 e. The molecule has 0 spiro atoms. The number of aromatic nitrogens is 4. The van der Waals surface area contributed by atoms with Crippen LogP contribution < -0.4 is 4.90 Å². The third-order valence-corrected chi connectivity index (χ3v) is 5.84. The molecule has 31 heavy (non-hydrogen) atoms. The molecule has 0 saturated heterocycles. The fourth-order valence-electron chi connectivity index (χ4n) is 4.14. The van der Waals surface area contributed by atoms with Crippen molar-refractivity contribution in [3.63, 3.8) is 0 Å². The van der Waals surface area contributed by atoms with Gasteiger partial charge in [0.15, 0.2) is 0 Å². The first-order valence-corrected chi connectivity index (χ1v) is 10.2. The van der Waals surface area contributed by atoms with Gasteiger partial charge in [0.25, 0.3) is 0 Å². The number of hydrogen-bond acceptors (Lipinski definition) is 4. The summed E-state index contributed by atoms with van der Waals surface area (Å²) < 4.78 is 1.98. The van der Waals surface area contributed by atoms with Crippen molar-refractivity contribution in [2.45, 2.75) is 33.1 Å². The lowest BCUT2D eigenvalue weighted by Crippen LogP contribution is -2.33. The molecule has 154 valence electrons. The zero-order chi connectivity index (χ0) is 21.8. The Morgan fingerprint density at radius 2 is 1.52 bits per heavy atom. The van der Waals surface area contributed by atoms with Crippen molar-refractivity contribution in [1.29, 1.82) is 0 Å². The normalized spacial score (nSPS) is 14.7. The highest BCUT2D eigenvalue weighted by Gasteiger charge is 2.44. The lowest BCUT2D eigenvalue weighted by molar-refractivity contribution is -0.121. The van der Waals surface area contributed by atoms with E-state index in [9.17, 15) is 4.79 Å². The van der Waals surface area contributed by atoms with Gasteiger partial charge in [-0.25, -0.2) is 4.98 Å². The van der Waals surface area contributed by atoms with Crippen LogP contribution in [0.5, 0.6) is 0 Å². The maximum atomic E-state index is 13.3. The molecule has 4 heterocycles. The minimum absolute atomic E-state index is 0.0584. The maximum absolute atomic E-state index is 13.3. The fourth-order valence-corrected chi connectivity index (χ4v) is 4.14. The molecule has 1 amide bonds. The molecule has 0 unspecified atom stereocenters. The molecular weight excluding hydrogens is 386 g/mol. The van der Waals surface area contributed by atoms with Crippen LogP contribution in [0.2, 0.25) is 0 Å². The Hall–Kier alpha value is -3.80. The molecule has 3 aromatic heterocycles. The van der Waals surface area contributed by atoms with E-state index in [-0.39, 0.29) is 5.91 Å². The molecular formula is C25H23N5O. The van der Waals surface area contributed by atoms with Crippen LogP contribution in [0.15, 0.2) is 67.4 Å². The summed E-state index contributed by atoms with van der Waals surface area (Å²) in [6, 6.07) is 13.9. The topological polar surface area (TPSA) is 63.9 Å². The van der Waals surface area contributed by atoms with Crippen molar-refractivity contribution >= 4 is 17.3 Å². The molecule has 0 bridgehead atoms. The monoisotopic (exact) mass is 409 g/mol. The first kappa shape index (κ1) is 19.2. The van der Waals surface area contributed by atoms with E-state index in [0.29, 0.717) is 0 Å². The van der Waals surface area contributed by atoms with Gasteiger partial charge in [-0.1, -0.05) is 12.1 Å². The van der Waals surface area contributed by atoms with Gasteiger partial charge < -0.3 is 4.57 Å². The van der Waals surface area contributed by atoms with Gasteiger partial charge in [0.1, 0.15) is 0 Å². The first-order chi connectivity index (χ1) is 14.8. The Labute approximate surface area is 181 Å². The summed E-state index contributed by atoms with van der Waals surface area (Å²) in [4.78, 5) is 28.3. The number of nitrogens with zero attached hydrogens (tertiary/aromatic N) is 5. The SMILES string of the molecule is Cc1cc(N2C(=O)C(C)(C)c3ccc(-c4cn(-c5ccnc(C)c5)cn4)cc32)ccn1. The van der Waals surface area contributed by atoms with Crippen molar-refractivity contribution in [1.82, 2.24) is 19.5 Å². The van der Waals surface area contributed by atoms with Gasteiger partial charge in [-0.3, -0.25) is 19.7 Å². The highest BCUT2D eigenvalue weighted by Crippen LogP contribution is 2.46. The molecule has 5 rings (SSSR count). The fraction of sp³-hybridized carbons (Fsp3) is 0.200. The predicted molar refractivity (Wildman–Crippen MR) is 121 cm³/mol. The average molecular weight is 409 g/mol. The largest absolute Gasteiger partial charge is 0.306 e. The number of rotatable bonds is 3. The molecule has 6 heteroatoms. The van der Waals surface area contributed by atoms with E-state index in [1.54, 1.807) is 23.6 Å². The smallest absolute Gasteiger partial charge is 0.241 e. The third kappa shape index (κ3) is 3.11. The van der Waals surface area contributed by atoms with E-state index < -0.39 is 5.41 Å². The zero-order valence-electron chi connectivity index (χ0n) is 18.0. The number of carbonyl (C=O) groups is 1. The van der Waals surface area contributed by atoms with Crippen molar-refractivity contribution in [3.05, 3.63) is 84.3 Å². The Morgan fingerprint density at radius 1 is 0.839 bits per heavy atom. The molecule has 0 radical (unpaired) electrons. The quantitative estimate of drug-likeness (QED) is 0.483. The van der Waals surface area contributed by atoms with Crippen molar-refractivity contribution in [3.8, 4) is 16.9 Å². The Kier molecular flexibility index (Phi) is 4.25. The van der Waals surface area contributed by atoms with Crippen LogP contribution in [0.3, 0.4) is 0 Å². The van der Waals surface area contributed by atoms with Crippen LogP contribution in [0.4, 0.5) is 11.4 Å². The third-order valence-electron chi connectivity index (χ3n) is 5.84. The summed E-state index contributed by atoms with van der Waals surface area (Å²) in [5.41, 5.74) is 6.79.